The van der Waals surface area contributed by atoms with Crippen molar-refractivity contribution in [3.63, 3.8) is 0 Å². The van der Waals surface area contributed by atoms with Crippen molar-refractivity contribution in [1.29, 1.82) is 0 Å². The van der Waals surface area contributed by atoms with Crippen molar-refractivity contribution in [2.45, 2.75) is 51.4 Å². The first-order chi connectivity index (χ1) is 10.8. The van der Waals surface area contributed by atoms with E-state index >= 15 is 0 Å². The number of aliphatic hydroxyl groups is 1. The van der Waals surface area contributed by atoms with Gasteiger partial charge in [-0.05, 0) is 32.9 Å². The maximum absolute atomic E-state index is 14.5. The van der Waals surface area contributed by atoms with Gasteiger partial charge in [-0.25, -0.2) is 9.37 Å². The van der Waals surface area contributed by atoms with Crippen LogP contribution >= 0.6 is 23.2 Å². The van der Waals surface area contributed by atoms with Gasteiger partial charge in [0, 0.05) is 6.04 Å². The van der Waals surface area contributed by atoms with Crippen LogP contribution < -0.4 is 5.32 Å². The largest absolute Gasteiger partial charge is 0.387 e. The molecule has 1 saturated heterocycles. The fraction of sp³-hybridized carbons (Fsp3) is 0.533. The summed E-state index contributed by atoms with van der Waals surface area (Å²) in [6.07, 6.45) is -4.35. The zero-order valence-corrected chi connectivity index (χ0v) is 14.4. The van der Waals surface area contributed by atoms with Crippen LogP contribution in [0.5, 0.6) is 0 Å². The van der Waals surface area contributed by atoms with Gasteiger partial charge in [0.1, 0.15) is 6.10 Å². The second-order valence-corrected chi connectivity index (χ2v) is 6.84. The molecule has 2 aromatic rings. The van der Waals surface area contributed by atoms with Crippen LogP contribution in [0.4, 0.5) is 10.3 Å². The Balaban J connectivity index is 2.18. The molecule has 0 bridgehead atoms. The van der Waals surface area contributed by atoms with E-state index in [2.05, 4.69) is 10.3 Å². The number of anilines is 1. The van der Waals surface area contributed by atoms with Gasteiger partial charge < -0.3 is 15.2 Å². The first kappa shape index (κ1) is 16.8. The molecule has 2 heterocycles. The van der Waals surface area contributed by atoms with Crippen molar-refractivity contribution in [3.05, 3.63) is 22.2 Å². The lowest BCUT2D eigenvalue weighted by Gasteiger charge is -2.20. The highest BCUT2D eigenvalue weighted by Gasteiger charge is 2.44. The third kappa shape index (κ3) is 2.89. The number of alkyl halides is 1. The van der Waals surface area contributed by atoms with Gasteiger partial charge in [-0.15, -0.1) is 0 Å². The number of halogens is 3. The van der Waals surface area contributed by atoms with E-state index < -0.39 is 24.6 Å². The molecule has 1 aliphatic rings. The van der Waals surface area contributed by atoms with Crippen LogP contribution in [-0.4, -0.2) is 39.1 Å². The van der Waals surface area contributed by atoms with Gasteiger partial charge in [0.15, 0.2) is 12.4 Å². The van der Waals surface area contributed by atoms with Crippen LogP contribution in [0.3, 0.4) is 0 Å². The van der Waals surface area contributed by atoms with Crippen molar-refractivity contribution in [2.24, 2.45) is 0 Å². The molecule has 23 heavy (non-hydrogen) atoms. The normalized spacial score (nSPS) is 28.0. The van der Waals surface area contributed by atoms with E-state index in [9.17, 15) is 9.50 Å². The second kappa shape index (κ2) is 6.09. The van der Waals surface area contributed by atoms with Crippen LogP contribution in [0.1, 0.15) is 27.0 Å². The molecule has 1 aliphatic heterocycles. The summed E-state index contributed by atoms with van der Waals surface area (Å²) >= 11 is 12.1. The van der Waals surface area contributed by atoms with Crippen LogP contribution in [0, 0.1) is 0 Å². The first-order valence-corrected chi connectivity index (χ1v) is 8.16. The van der Waals surface area contributed by atoms with E-state index in [-0.39, 0.29) is 6.04 Å². The molecule has 1 aromatic carbocycles. The predicted octanol–water partition coefficient (Wildman–Crippen LogP) is 3.78. The number of benzene rings is 1. The molecular weight excluding hydrogens is 344 g/mol. The molecule has 0 saturated carbocycles. The zero-order valence-electron chi connectivity index (χ0n) is 12.9. The molecule has 0 aliphatic carbocycles. The summed E-state index contributed by atoms with van der Waals surface area (Å²) in [5.41, 5.74) is 1.17. The summed E-state index contributed by atoms with van der Waals surface area (Å²) in [5.74, 6) is 0.447. The van der Waals surface area contributed by atoms with E-state index in [0.717, 1.165) is 0 Å². The van der Waals surface area contributed by atoms with Gasteiger partial charge in [0.05, 0.1) is 27.2 Å². The van der Waals surface area contributed by atoms with Gasteiger partial charge in [0.25, 0.3) is 0 Å². The molecule has 2 N–H and O–H groups in total. The van der Waals surface area contributed by atoms with Crippen LogP contribution in [0.25, 0.3) is 11.0 Å². The minimum atomic E-state index is -1.57. The summed E-state index contributed by atoms with van der Waals surface area (Å²) < 4.78 is 21.7. The summed E-state index contributed by atoms with van der Waals surface area (Å²) in [7, 11) is 0. The fourth-order valence-corrected chi connectivity index (χ4v) is 3.03. The third-order valence-corrected chi connectivity index (χ3v) is 4.56. The standard InChI is InChI=1S/C15H18Cl2FN3O2/c1-6(2)19-15-20-10-4-8(16)9(17)5-11(10)21(15)14-12(18)13(22)7(3)23-14/h4-7,12-14,22H,1-3H3,(H,19,20)/t7-,12-,13-,14-/m1/s1. The van der Waals surface area contributed by atoms with E-state index in [4.69, 9.17) is 27.9 Å². The van der Waals surface area contributed by atoms with Gasteiger partial charge in [-0.3, -0.25) is 4.57 Å². The molecule has 5 nitrogen and oxygen atoms in total. The quantitative estimate of drug-likeness (QED) is 0.873. The summed E-state index contributed by atoms with van der Waals surface area (Å²) in [4.78, 5) is 4.46. The SMILES string of the molecule is CC(C)Nc1nc2cc(Cl)c(Cl)cc2n1[C@@H]1O[C@H](C)[C@@H](O)[C@H]1F. The van der Waals surface area contributed by atoms with Gasteiger partial charge >= 0.3 is 0 Å². The lowest BCUT2D eigenvalue weighted by atomic mass is 10.1. The van der Waals surface area contributed by atoms with Crippen molar-refractivity contribution < 1.29 is 14.2 Å². The van der Waals surface area contributed by atoms with Crippen LogP contribution in [-0.2, 0) is 4.74 Å². The number of rotatable bonds is 3. The molecule has 0 unspecified atom stereocenters. The van der Waals surface area contributed by atoms with Gasteiger partial charge in [-0.2, -0.15) is 0 Å². The summed E-state index contributed by atoms with van der Waals surface area (Å²) in [5, 5.41) is 13.8. The average Bonchev–Trinajstić information content (AvgIpc) is 2.91. The average molecular weight is 362 g/mol. The first-order valence-electron chi connectivity index (χ1n) is 7.40. The number of aromatic nitrogens is 2. The molecular formula is C15H18Cl2FN3O2. The number of nitrogens with zero attached hydrogens (tertiary/aromatic N) is 2. The molecule has 0 spiro atoms. The van der Waals surface area contributed by atoms with E-state index in [0.29, 0.717) is 27.0 Å². The van der Waals surface area contributed by atoms with Crippen LogP contribution in [0.15, 0.2) is 12.1 Å². The van der Waals surface area contributed by atoms with Gasteiger partial charge in [0.2, 0.25) is 5.95 Å². The minimum absolute atomic E-state index is 0.0818. The highest BCUT2D eigenvalue weighted by atomic mass is 35.5. The fourth-order valence-electron chi connectivity index (χ4n) is 2.71. The number of ether oxygens (including phenoxy) is 1. The Morgan fingerprint density at radius 1 is 1.35 bits per heavy atom. The van der Waals surface area contributed by atoms with Crippen LogP contribution in [0.2, 0.25) is 10.0 Å². The maximum atomic E-state index is 14.5. The molecule has 3 rings (SSSR count). The highest BCUT2D eigenvalue weighted by Crippen LogP contribution is 2.38. The topological polar surface area (TPSA) is 59.3 Å². The molecule has 1 fully saturated rings. The Hall–Kier alpha value is -1.08. The smallest absolute Gasteiger partial charge is 0.206 e. The number of nitrogens with one attached hydrogen (secondary N) is 1. The van der Waals surface area contributed by atoms with Crippen molar-refractivity contribution >= 4 is 40.2 Å². The summed E-state index contributed by atoms with van der Waals surface area (Å²) in [6, 6.07) is 3.34. The Labute approximate surface area is 143 Å². The monoisotopic (exact) mass is 361 g/mol. The minimum Gasteiger partial charge on any atom is -0.387 e. The molecule has 8 heteroatoms. The predicted molar refractivity (Wildman–Crippen MR) is 89.0 cm³/mol. The number of hydrogen-bond acceptors (Lipinski definition) is 4. The highest BCUT2D eigenvalue weighted by molar-refractivity contribution is 6.42. The van der Waals surface area contributed by atoms with Gasteiger partial charge in [-0.1, -0.05) is 23.2 Å². The van der Waals surface area contributed by atoms with E-state index in [1.165, 1.54) is 0 Å². The molecule has 4 atom stereocenters. The lowest BCUT2D eigenvalue weighted by molar-refractivity contribution is -0.0124. The molecule has 126 valence electrons. The molecule has 0 amide bonds. The Morgan fingerprint density at radius 2 is 2.00 bits per heavy atom. The Bertz CT molecular complexity index is 737. The number of imidazole rings is 1. The zero-order chi connectivity index (χ0) is 16.9. The number of aliphatic hydroxyl groups excluding tert-OH is 1. The molecule has 1 aromatic heterocycles. The number of hydrogen-bond donors (Lipinski definition) is 2. The summed E-state index contributed by atoms with van der Waals surface area (Å²) in [6.45, 7) is 5.53. The third-order valence-electron chi connectivity index (χ3n) is 3.84. The van der Waals surface area contributed by atoms with Crippen molar-refractivity contribution in [2.75, 3.05) is 5.32 Å². The van der Waals surface area contributed by atoms with E-state index in [1.54, 1.807) is 23.6 Å². The lowest BCUT2D eigenvalue weighted by Crippen LogP contribution is -2.27. The van der Waals surface area contributed by atoms with Crippen molar-refractivity contribution in [3.8, 4) is 0 Å². The molecule has 0 radical (unpaired) electrons. The van der Waals surface area contributed by atoms with E-state index in [1.807, 2.05) is 13.8 Å². The van der Waals surface area contributed by atoms with Crippen molar-refractivity contribution in [1.82, 2.24) is 9.55 Å². The Kier molecular flexibility index (Phi) is 4.44. The number of fused-ring (bicyclic) bond motifs is 1. The second-order valence-electron chi connectivity index (χ2n) is 6.03. The maximum Gasteiger partial charge on any atom is 0.206 e. The Morgan fingerprint density at radius 3 is 2.57 bits per heavy atom.